The molecule has 1 aliphatic rings. The van der Waals surface area contributed by atoms with Gasteiger partial charge in [-0.15, -0.1) is 0 Å². The van der Waals surface area contributed by atoms with E-state index in [0.717, 1.165) is 33.2 Å². The van der Waals surface area contributed by atoms with Gasteiger partial charge in [0.1, 0.15) is 0 Å². The number of nitrogens with zero attached hydrogens (tertiary/aromatic N) is 1. The van der Waals surface area contributed by atoms with Crippen molar-refractivity contribution in [1.82, 2.24) is 0 Å². The van der Waals surface area contributed by atoms with Gasteiger partial charge in [0.15, 0.2) is 0 Å². The third kappa shape index (κ3) is 2.74. The lowest BCUT2D eigenvalue weighted by Gasteiger charge is -2.25. The molecule has 0 bridgehead atoms. The minimum Gasteiger partial charge on any atom is -0.261 e. The third-order valence-corrected chi connectivity index (χ3v) is 7.35. The standard InChI is InChI=1S/C23H25NO2S/c1-15-12-18(23(3,4)5)13-16(2)19(15)14-24-20-10-6-8-17-9-7-11-21(22(17)20)27(24,25)26/h6-13H,14H2,1-5H3. The average molecular weight is 380 g/mol. The molecule has 0 amide bonds. The maximum atomic E-state index is 13.2. The molecule has 3 aromatic rings. The van der Waals surface area contributed by atoms with Crippen LogP contribution in [0.3, 0.4) is 0 Å². The highest BCUT2D eigenvalue weighted by Gasteiger charge is 2.36. The second kappa shape index (κ2) is 5.83. The van der Waals surface area contributed by atoms with Crippen LogP contribution in [0.1, 0.15) is 43.0 Å². The number of hydrogen-bond acceptors (Lipinski definition) is 2. The predicted molar refractivity (Wildman–Crippen MR) is 112 cm³/mol. The molecule has 4 heteroatoms. The molecule has 3 nitrogen and oxygen atoms in total. The van der Waals surface area contributed by atoms with Crippen LogP contribution >= 0.6 is 0 Å². The van der Waals surface area contributed by atoms with E-state index in [1.807, 2.05) is 30.3 Å². The van der Waals surface area contributed by atoms with Gasteiger partial charge in [-0.2, -0.15) is 0 Å². The molecular formula is C23H25NO2S. The van der Waals surface area contributed by atoms with E-state index in [1.54, 1.807) is 10.4 Å². The molecule has 140 valence electrons. The van der Waals surface area contributed by atoms with Crippen LogP contribution < -0.4 is 4.31 Å². The van der Waals surface area contributed by atoms with Gasteiger partial charge < -0.3 is 0 Å². The first-order valence-electron chi connectivity index (χ1n) is 9.26. The second-order valence-corrected chi connectivity index (χ2v) is 10.3. The first-order valence-corrected chi connectivity index (χ1v) is 10.7. The first kappa shape index (κ1) is 18.1. The molecule has 0 fully saturated rings. The van der Waals surface area contributed by atoms with E-state index in [0.29, 0.717) is 11.4 Å². The van der Waals surface area contributed by atoms with Gasteiger partial charge in [-0.3, -0.25) is 4.31 Å². The van der Waals surface area contributed by atoms with Gasteiger partial charge in [0, 0.05) is 5.39 Å². The van der Waals surface area contributed by atoms with Crippen molar-refractivity contribution < 1.29 is 8.42 Å². The van der Waals surface area contributed by atoms with Crippen LogP contribution in [0, 0.1) is 13.8 Å². The zero-order chi connectivity index (χ0) is 19.6. The molecule has 0 radical (unpaired) electrons. The molecule has 0 saturated heterocycles. The van der Waals surface area contributed by atoms with Crippen LogP contribution in [-0.2, 0) is 22.0 Å². The second-order valence-electron chi connectivity index (χ2n) is 8.48. The molecular weight excluding hydrogens is 354 g/mol. The molecule has 27 heavy (non-hydrogen) atoms. The Labute approximate surface area is 161 Å². The molecule has 4 rings (SSSR count). The van der Waals surface area contributed by atoms with Crippen LogP contribution in [0.15, 0.2) is 53.4 Å². The Bertz CT molecular complexity index is 1140. The van der Waals surface area contributed by atoms with Gasteiger partial charge >= 0.3 is 0 Å². The largest absolute Gasteiger partial charge is 0.265 e. The van der Waals surface area contributed by atoms with Gasteiger partial charge in [0.05, 0.1) is 17.1 Å². The van der Waals surface area contributed by atoms with Crippen LogP contribution in [0.2, 0.25) is 0 Å². The normalized spacial score (nSPS) is 15.5. The number of benzene rings is 3. The summed E-state index contributed by atoms with van der Waals surface area (Å²) in [6.07, 6.45) is 0. The number of hydrogen-bond donors (Lipinski definition) is 0. The van der Waals surface area contributed by atoms with E-state index in [9.17, 15) is 8.42 Å². The van der Waals surface area contributed by atoms with E-state index in [1.165, 1.54) is 5.56 Å². The molecule has 3 aromatic carbocycles. The minimum atomic E-state index is -3.54. The van der Waals surface area contributed by atoms with Crippen molar-refractivity contribution in [3.05, 3.63) is 70.8 Å². The van der Waals surface area contributed by atoms with E-state index in [4.69, 9.17) is 0 Å². The summed E-state index contributed by atoms with van der Waals surface area (Å²) in [6, 6.07) is 15.7. The summed E-state index contributed by atoms with van der Waals surface area (Å²) in [6.45, 7) is 11.1. The monoisotopic (exact) mass is 379 g/mol. The quantitative estimate of drug-likeness (QED) is 0.593. The Kier molecular flexibility index (Phi) is 3.90. The number of sulfonamides is 1. The number of anilines is 1. The lowest BCUT2D eigenvalue weighted by molar-refractivity contribution is 0.587. The van der Waals surface area contributed by atoms with Crippen LogP contribution in [0.5, 0.6) is 0 Å². The summed E-state index contributed by atoms with van der Waals surface area (Å²) in [4.78, 5) is 0.414. The van der Waals surface area contributed by atoms with Gasteiger partial charge in [0.2, 0.25) is 0 Å². The molecule has 0 unspecified atom stereocenters. The summed E-state index contributed by atoms with van der Waals surface area (Å²) in [7, 11) is -3.54. The Hall–Kier alpha value is -2.33. The fraction of sp³-hybridized carbons (Fsp3) is 0.304. The minimum absolute atomic E-state index is 0.0651. The summed E-state index contributed by atoms with van der Waals surface area (Å²) in [5, 5.41) is 1.80. The highest BCUT2D eigenvalue weighted by atomic mass is 32.2. The lowest BCUT2D eigenvalue weighted by atomic mass is 9.84. The highest BCUT2D eigenvalue weighted by molar-refractivity contribution is 7.93. The third-order valence-electron chi connectivity index (χ3n) is 5.54. The fourth-order valence-electron chi connectivity index (χ4n) is 3.95. The summed E-state index contributed by atoms with van der Waals surface area (Å²) in [5.41, 5.74) is 5.47. The smallest absolute Gasteiger partial charge is 0.261 e. The maximum Gasteiger partial charge on any atom is 0.265 e. The zero-order valence-corrected chi connectivity index (χ0v) is 17.3. The van der Waals surface area contributed by atoms with Crippen molar-refractivity contribution in [2.24, 2.45) is 0 Å². The molecule has 0 aromatic heterocycles. The van der Waals surface area contributed by atoms with Crippen molar-refractivity contribution in [3.63, 3.8) is 0 Å². The molecule has 0 aliphatic carbocycles. The predicted octanol–water partition coefficient (Wildman–Crippen LogP) is 5.46. The Morgan fingerprint density at radius 1 is 0.926 bits per heavy atom. The summed E-state index contributed by atoms with van der Waals surface area (Å²) in [5.74, 6) is 0. The van der Waals surface area contributed by atoms with Gasteiger partial charge in [-0.25, -0.2) is 8.42 Å². The molecule has 0 atom stereocenters. The van der Waals surface area contributed by atoms with E-state index >= 15 is 0 Å². The molecule has 0 saturated carbocycles. The zero-order valence-electron chi connectivity index (χ0n) is 16.5. The molecule has 1 aliphatic heterocycles. The average Bonchev–Trinajstić information content (AvgIpc) is 2.80. The van der Waals surface area contributed by atoms with Crippen LogP contribution in [-0.4, -0.2) is 8.42 Å². The highest BCUT2D eigenvalue weighted by Crippen LogP contribution is 2.43. The van der Waals surface area contributed by atoms with Crippen LogP contribution in [0.4, 0.5) is 5.69 Å². The molecule has 1 heterocycles. The maximum absolute atomic E-state index is 13.2. The number of aryl methyl sites for hydroxylation is 2. The summed E-state index contributed by atoms with van der Waals surface area (Å²) < 4.78 is 28.1. The van der Waals surface area contributed by atoms with Crippen molar-refractivity contribution in [3.8, 4) is 0 Å². The van der Waals surface area contributed by atoms with Gasteiger partial charge in [-0.05, 0) is 59.0 Å². The molecule has 0 N–H and O–H groups in total. The van der Waals surface area contributed by atoms with Crippen molar-refractivity contribution in [2.75, 3.05) is 4.31 Å². The van der Waals surface area contributed by atoms with Gasteiger partial charge in [0.25, 0.3) is 10.0 Å². The van der Waals surface area contributed by atoms with E-state index in [-0.39, 0.29) is 5.41 Å². The van der Waals surface area contributed by atoms with Gasteiger partial charge in [-0.1, -0.05) is 57.2 Å². The van der Waals surface area contributed by atoms with E-state index in [2.05, 4.69) is 46.8 Å². The lowest BCUT2D eigenvalue weighted by Crippen LogP contribution is -2.27. The first-order chi connectivity index (χ1) is 12.6. The van der Waals surface area contributed by atoms with Crippen LogP contribution in [0.25, 0.3) is 10.8 Å². The Balaban J connectivity index is 1.84. The fourth-order valence-corrected chi connectivity index (χ4v) is 5.63. The van der Waals surface area contributed by atoms with Crippen molar-refractivity contribution in [1.29, 1.82) is 0 Å². The van der Waals surface area contributed by atoms with Crippen molar-refractivity contribution in [2.45, 2.75) is 51.5 Å². The molecule has 0 spiro atoms. The Morgan fingerprint density at radius 2 is 1.52 bits per heavy atom. The number of rotatable bonds is 2. The SMILES string of the molecule is Cc1cc(C(C)(C)C)cc(C)c1CN1c2cccc3cccc(c23)S1(=O)=O. The Morgan fingerprint density at radius 3 is 2.11 bits per heavy atom. The van der Waals surface area contributed by atoms with Crippen molar-refractivity contribution >= 4 is 26.5 Å². The van der Waals surface area contributed by atoms with E-state index < -0.39 is 10.0 Å². The topological polar surface area (TPSA) is 37.4 Å². The summed E-state index contributed by atoms with van der Waals surface area (Å²) >= 11 is 0.